The van der Waals surface area contributed by atoms with Crippen molar-refractivity contribution in [3.8, 4) is 0 Å². The van der Waals surface area contributed by atoms with Gasteiger partial charge in [-0.2, -0.15) is 26.2 Å². The van der Waals surface area contributed by atoms with Crippen LogP contribution in [0.2, 0.25) is 0 Å². The van der Waals surface area contributed by atoms with Crippen LogP contribution in [-0.2, 0) is 84.3 Å². The van der Waals surface area contributed by atoms with Gasteiger partial charge in [0.25, 0.3) is 0 Å². The van der Waals surface area contributed by atoms with Crippen molar-refractivity contribution in [1.82, 2.24) is 10.6 Å². The maximum absolute atomic E-state index is 3.97. The molecule has 12 heteroatoms. The van der Waals surface area contributed by atoms with Gasteiger partial charge in [-0.05, 0) is 26.2 Å². The van der Waals surface area contributed by atoms with Crippen molar-refractivity contribution in [3.05, 3.63) is 10.6 Å². The van der Waals surface area contributed by atoms with E-state index in [9.17, 15) is 0 Å². The molecule has 28 heavy (non-hydrogen) atoms. The van der Waals surface area contributed by atoms with Crippen molar-refractivity contribution in [2.24, 2.45) is 0 Å². The predicted octanol–water partition coefficient (Wildman–Crippen LogP) is -7.96. The second kappa shape index (κ2) is 110. The van der Waals surface area contributed by atoms with E-state index >= 15 is 0 Å². The Bertz CT molecular complexity index is 101. The Kier molecular flexibility index (Phi) is 302. The van der Waals surface area contributed by atoms with Gasteiger partial charge in [0.2, 0.25) is 0 Å². The summed E-state index contributed by atoms with van der Waals surface area (Å²) in [6.07, 6.45) is 0. The van der Waals surface area contributed by atoms with Crippen molar-refractivity contribution in [2.45, 2.75) is 55.4 Å². The van der Waals surface area contributed by atoms with Gasteiger partial charge >= 0.3 is 42.1 Å². The molecule has 0 rings (SSSR count). The van der Waals surface area contributed by atoms with Gasteiger partial charge in [-0.25, -0.2) is 0 Å². The third-order valence-corrected chi connectivity index (χ3v) is 1.89. The molecule has 4 nitrogen and oxygen atoms in total. The van der Waals surface area contributed by atoms with Crippen molar-refractivity contribution in [2.75, 3.05) is 52.4 Å². The Balaban J connectivity index is -0.0000000111. The van der Waals surface area contributed by atoms with E-state index in [1.54, 1.807) is 0 Å². The van der Waals surface area contributed by atoms with Crippen LogP contribution in [0.4, 0.5) is 0 Å². The van der Waals surface area contributed by atoms with E-state index in [1.165, 1.54) is 0 Å². The summed E-state index contributed by atoms with van der Waals surface area (Å²) in [6, 6.07) is 0. The fourth-order valence-corrected chi connectivity index (χ4v) is 0.947. The largest absolute Gasteiger partial charge is 2.00 e. The Morgan fingerprint density at radius 1 is 0.429 bits per heavy atom. The van der Waals surface area contributed by atoms with Gasteiger partial charge in [0, 0.05) is 42.1 Å². The molecule has 0 aliphatic rings. The Morgan fingerprint density at radius 2 is 0.571 bits per heavy atom. The fraction of sp³-hybridized carbons (Fsp3) is 1.00. The zero-order valence-corrected chi connectivity index (χ0v) is 33.5. The van der Waals surface area contributed by atoms with Gasteiger partial charge in [-0.15, -0.1) is 0 Å². The molecule has 0 saturated carbocycles. The standard InChI is InChI=1S/2C4H11N.2C4H10N.4ClH.4W/c4*1-3-5-4-2;;;;;;;;/h2*5H,3-4H2,1-2H3;2*3-4H2,1-2H3;4*1H;;;;/q;;2*-1;;;;;;;2*+2/p-4. The first kappa shape index (κ1) is 77.0. The monoisotopic (exact) mass is 1170 g/mol. The minimum atomic E-state index is 0. The van der Waals surface area contributed by atoms with Crippen LogP contribution in [0, 0.1) is 0 Å². The molecular formula is C16H42Cl4N4W4-2. The number of hydrogen-bond donors (Lipinski definition) is 2. The molecule has 0 spiro atoms. The van der Waals surface area contributed by atoms with Crippen LogP contribution in [0.1, 0.15) is 55.4 Å². The molecule has 0 aromatic carbocycles. The molecule has 180 valence electrons. The zero-order chi connectivity index (χ0) is 16.5. The molecule has 0 amide bonds. The smallest absolute Gasteiger partial charge is 1.00 e. The van der Waals surface area contributed by atoms with E-state index in [1.807, 2.05) is 27.7 Å². The third kappa shape index (κ3) is 178. The summed E-state index contributed by atoms with van der Waals surface area (Å²) >= 11 is 0. The van der Waals surface area contributed by atoms with Crippen LogP contribution in [0.15, 0.2) is 0 Å². The van der Waals surface area contributed by atoms with Gasteiger partial charge in [-0.1, -0.05) is 55.4 Å². The maximum Gasteiger partial charge on any atom is 2.00 e. The third-order valence-electron chi connectivity index (χ3n) is 1.89. The van der Waals surface area contributed by atoms with Crippen molar-refractivity contribution in [3.63, 3.8) is 0 Å². The molecule has 0 aliphatic heterocycles. The summed E-state index contributed by atoms with van der Waals surface area (Å²) in [5.41, 5.74) is 0. The summed E-state index contributed by atoms with van der Waals surface area (Å²) in [6.45, 7) is 24.8. The van der Waals surface area contributed by atoms with Gasteiger partial charge in [0.05, 0.1) is 0 Å². The minimum absolute atomic E-state index is 0. The predicted molar refractivity (Wildman–Crippen MR) is 97.3 cm³/mol. The molecule has 0 aromatic rings. The zero-order valence-electron chi connectivity index (χ0n) is 18.7. The first-order valence-corrected chi connectivity index (χ1v) is 8.34. The van der Waals surface area contributed by atoms with E-state index < -0.39 is 0 Å². The number of halogens is 4. The normalized spacial score (nSPS) is 6.00. The number of rotatable bonds is 8. The Morgan fingerprint density at radius 3 is 0.571 bits per heavy atom. The molecule has 0 atom stereocenters. The van der Waals surface area contributed by atoms with Gasteiger partial charge < -0.3 is 70.9 Å². The van der Waals surface area contributed by atoms with Crippen LogP contribution in [0.5, 0.6) is 0 Å². The number of nitrogens with zero attached hydrogens (tertiary/aromatic N) is 2. The molecule has 0 bridgehead atoms. The second-order valence-corrected chi connectivity index (χ2v) is 3.63. The van der Waals surface area contributed by atoms with Crippen molar-refractivity contribution >= 4 is 0 Å². The Hall–Kier alpha value is 3.75. The maximum atomic E-state index is 3.97. The summed E-state index contributed by atoms with van der Waals surface area (Å²) in [7, 11) is 0. The number of nitrogens with one attached hydrogen (secondary N) is 2. The van der Waals surface area contributed by atoms with Crippen molar-refractivity contribution in [1.29, 1.82) is 0 Å². The molecule has 0 fully saturated rings. The van der Waals surface area contributed by atoms with Crippen LogP contribution in [0.25, 0.3) is 10.6 Å². The number of hydrogen-bond acceptors (Lipinski definition) is 2. The molecular weight excluding hydrogens is 1130 g/mol. The summed E-state index contributed by atoms with van der Waals surface area (Å²) in [5, 5.41) is 14.2. The summed E-state index contributed by atoms with van der Waals surface area (Å²) < 4.78 is 0. The van der Waals surface area contributed by atoms with Crippen LogP contribution in [0.3, 0.4) is 0 Å². The summed E-state index contributed by atoms with van der Waals surface area (Å²) in [4.78, 5) is 0. The summed E-state index contributed by atoms with van der Waals surface area (Å²) in [5.74, 6) is 0. The van der Waals surface area contributed by atoms with Crippen LogP contribution in [-0.4, -0.2) is 52.4 Å². The molecule has 0 aliphatic carbocycles. The van der Waals surface area contributed by atoms with Gasteiger partial charge in [0.1, 0.15) is 0 Å². The second-order valence-electron chi connectivity index (χ2n) is 3.63. The average Bonchev–Trinajstić information content (AvgIpc) is 2.44. The van der Waals surface area contributed by atoms with Gasteiger partial charge in [0.15, 0.2) is 0 Å². The average molecular weight is 1170 g/mol. The first-order valence-electron chi connectivity index (χ1n) is 8.34. The Labute approximate surface area is 260 Å². The van der Waals surface area contributed by atoms with Crippen molar-refractivity contribution < 1.29 is 134 Å². The van der Waals surface area contributed by atoms with E-state index in [0.717, 1.165) is 52.4 Å². The van der Waals surface area contributed by atoms with E-state index in [2.05, 4.69) is 49.0 Å². The molecule has 0 unspecified atom stereocenters. The molecule has 2 N–H and O–H groups in total. The van der Waals surface area contributed by atoms with Gasteiger partial charge in [-0.3, -0.25) is 0 Å². The van der Waals surface area contributed by atoms with Crippen LogP contribution >= 0.6 is 0 Å². The molecule has 0 saturated heterocycles. The molecule has 0 heterocycles. The van der Waals surface area contributed by atoms with E-state index in [4.69, 9.17) is 0 Å². The fourth-order valence-electron chi connectivity index (χ4n) is 0.947. The molecule has 0 radical (unpaired) electrons. The molecule has 0 aromatic heterocycles. The first-order chi connectivity index (χ1) is 9.66. The minimum Gasteiger partial charge on any atom is -1.00 e. The van der Waals surface area contributed by atoms with E-state index in [0.29, 0.717) is 0 Å². The van der Waals surface area contributed by atoms with Crippen LogP contribution < -0.4 is 60.3 Å². The van der Waals surface area contributed by atoms with E-state index in [-0.39, 0.29) is 134 Å². The topological polar surface area (TPSA) is 52.3 Å². The SMILES string of the molecule is CCNCC.CCNCC.CC[N-]CC.CC[N-]CC.[Cl-].[Cl-].[Cl-].[Cl-].[W+2].[W+2].[W].[W]. The quantitative estimate of drug-likeness (QED) is 0.255.